The van der Waals surface area contributed by atoms with E-state index >= 15 is 0 Å². The van der Waals surface area contributed by atoms with E-state index in [1.54, 1.807) is 11.8 Å². The maximum Gasteiger partial charge on any atom is 0.0880 e. The quantitative estimate of drug-likeness (QED) is 0.799. The molecule has 0 aromatic heterocycles. The number of hydrogen-bond acceptors (Lipinski definition) is 2. The van der Waals surface area contributed by atoms with Crippen LogP contribution in [0.25, 0.3) is 0 Å². The summed E-state index contributed by atoms with van der Waals surface area (Å²) in [4.78, 5) is 0. The first-order valence-corrected chi connectivity index (χ1v) is 6.78. The van der Waals surface area contributed by atoms with Crippen LogP contribution in [0, 0.1) is 0 Å². The standard InChI is InChI=1S/C13H20OS/c1-3-6-11-7-5-8-12(9-11)13(14)10-15-4-2/h5,7-9,13-14H,3-4,6,10H2,1-2H3. The second-order valence-electron chi connectivity index (χ2n) is 3.67. The van der Waals surface area contributed by atoms with Gasteiger partial charge in [0.1, 0.15) is 0 Å². The van der Waals surface area contributed by atoms with Gasteiger partial charge < -0.3 is 5.11 Å². The van der Waals surface area contributed by atoms with Crippen LogP contribution in [0.15, 0.2) is 24.3 Å². The van der Waals surface area contributed by atoms with Crippen LogP contribution in [0.4, 0.5) is 0 Å². The van der Waals surface area contributed by atoms with E-state index in [0.717, 1.165) is 29.9 Å². The van der Waals surface area contributed by atoms with Crippen molar-refractivity contribution < 1.29 is 5.11 Å². The molecule has 1 unspecified atom stereocenters. The Morgan fingerprint density at radius 3 is 2.80 bits per heavy atom. The van der Waals surface area contributed by atoms with Gasteiger partial charge in [0.05, 0.1) is 6.10 Å². The molecule has 0 saturated heterocycles. The highest BCUT2D eigenvalue weighted by Gasteiger charge is 2.07. The Balaban J connectivity index is 2.62. The lowest BCUT2D eigenvalue weighted by Gasteiger charge is -2.11. The molecule has 0 aliphatic rings. The van der Waals surface area contributed by atoms with Crippen LogP contribution < -0.4 is 0 Å². The molecule has 0 radical (unpaired) electrons. The summed E-state index contributed by atoms with van der Waals surface area (Å²) in [5.41, 5.74) is 2.39. The molecule has 15 heavy (non-hydrogen) atoms. The molecule has 0 aliphatic carbocycles. The Hall–Kier alpha value is -0.470. The molecule has 0 heterocycles. The third-order valence-corrected chi connectivity index (χ3v) is 3.31. The van der Waals surface area contributed by atoms with E-state index < -0.39 is 0 Å². The summed E-state index contributed by atoms with van der Waals surface area (Å²) >= 11 is 1.78. The van der Waals surface area contributed by atoms with Crippen LogP contribution in [0.1, 0.15) is 37.5 Å². The van der Waals surface area contributed by atoms with Gasteiger partial charge in [-0.2, -0.15) is 11.8 Å². The molecule has 1 atom stereocenters. The van der Waals surface area contributed by atoms with Gasteiger partial charge in [-0.25, -0.2) is 0 Å². The molecule has 1 N–H and O–H groups in total. The molecular weight excluding hydrogens is 204 g/mol. The van der Waals surface area contributed by atoms with E-state index in [1.807, 2.05) is 12.1 Å². The van der Waals surface area contributed by atoms with Gasteiger partial charge in [0.2, 0.25) is 0 Å². The molecule has 2 heteroatoms. The minimum Gasteiger partial charge on any atom is -0.388 e. The zero-order valence-corrected chi connectivity index (χ0v) is 10.4. The van der Waals surface area contributed by atoms with Crippen molar-refractivity contribution in [1.29, 1.82) is 0 Å². The molecule has 0 amide bonds. The first kappa shape index (κ1) is 12.6. The van der Waals surface area contributed by atoms with Gasteiger partial charge >= 0.3 is 0 Å². The summed E-state index contributed by atoms with van der Waals surface area (Å²) in [6, 6.07) is 8.32. The van der Waals surface area contributed by atoms with E-state index in [4.69, 9.17) is 0 Å². The Kier molecular flexibility index (Phi) is 5.81. The van der Waals surface area contributed by atoms with E-state index in [9.17, 15) is 5.11 Å². The number of aryl methyl sites for hydroxylation is 1. The largest absolute Gasteiger partial charge is 0.388 e. The van der Waals surface area contributed by atoms with Crippen LogP contribution in [0.3, 0.4) is 0 Å². The van der Waals surface area contributed by atoms with Gasteiger partial charge in [0.15, 0.2) is 0 Å². The molecule has 1 nitrogen and oxygen atoms in total. The number of thioether (sulfide) groups is 1. The molecule has 84 valence electrons. The molecule has 0 bridgehead atoms. The topological polar surface area (TPSA) is 20.2 Å². The van der Waals surface area contributed by atoms with Gasteiger partial charge in [-0.05, 0) is 23.3 Å². The Bertz CT molecular complexity index is 286. The fraction of sp³-hybridized carbons (Fsp3) is 0.538. The lowest BCUT2D eigenvalue weighted by molar-refractivity contribution is 0.204. The summed E-state index contributed by atoms with van der Waals surface area (Å²) in [5.74, 6) is 1.86. The number of hydrogen-bond donors (Lipinski definition) is 1. The van der Waals surface area contributed by atoms with Crippen molar-refractivity contribution in [2.24, 2.45) is 0 Å². The second kappa shape index (κ2) is 6.91. The number of aliphatic hydroxyl groups excluding tert-OH is 1. The molecule has 1 rings (SSSR count). The predicted molar refractivity (Wildman–Crippen MR) is 68.4 cm³/mol. The molecular formula is C13H20OS. The van der Waals surface area contributed by atoms with E-state index in [2.05, 4.69) is 26.0 Å². The van der Waals surface area contributed by atoms with Crippen molar-refractivity contribution in [3.63, 3.8) is 0 Å². The van der Waals surface area contributed by atoms with Crippen molar-refractivity contribution in [2.75, 3.05) is 11.5 Å². The Morgan fingerprint density at radius 2 is 2.13 bits per heavy atom. The summed E-state index contributed by atoms with van der Waals surface area (Å²) in [7, 11) is 0. The molecule has 0 fully saturated rings. The molecule has 1 aromatic carbocycles. The fourth-order valence-electron chi connectivity index (χ4n) is 1.57. The van der Waals surface area contributed by atoms with Crippen LogP contribution in [-0.4, -0.2) is 16.6 Å². The zero-order valence-electron chi connectivity index (χ0n) is 9.57. The highest BCUT2D eigenvalue weighted by molar-refractivity contribution is 7.99. The lowest BCUT2D eigenvalue weighted by Crippen LogP contribution is -2.01. The smallest absolute Gasteiger partial charge is 0.0880 e. The van der Waals surface area contributed by atoms with Crippen molar-refractivity contribution in [3.05, 3.63) is 35.4 Å². The Morgan fingerprint density at radius 1 is 1.33 bits per heavy atom. The number of aliphatic hydroxyl groups is 1. The van der Waals surface area contributed by atoms with E-state index in [0.29, 0.717) is 0 Å². The second-order valence-corrected chi connectivity index (χ2v) is 4.99. The third kappa shape index (κ3) is 4.27. The summed E-state index contributed by atoms with van der Waals surface area (Å²) in [6.45, 7) is 4.29. The predicted octanol–water partition coefficient (Wildman–Crippen LogP) is 3.43. The maximum atomic E-state index is 9.92. The number of benzene rings is 1. The molecule has 1 aromatic rings. The lowest BCUT2D eigenvalue weighted by atomic mass is 10.0. The zero-order chi connectivity index (χ0) is 11.1. The number of rotatable bonds is 6. The normalized spacial score (nSPS) is 12.7. The van der Waals surface area contributed by atoms with E-state index in [-0.39, 0.29) is 6.10 Å². The minimum absolute atomic E-state index is 0.313. The highest BCUT2D eigenvalue weighted by Crippen LogP contribution is 2.19. The monoisotopic (exact) mass is 224 g/mol. The SMILES string of the molecule is CCCc1cccc(C(O)CSCC)c1. The van der Waals surface area contributed by atoms with Crippen LogP contribution in [-0.2, 0) is 6.42 Å². The van der Waals surface area contributed by atoms with Crippen molar-refractivity contribution >= 4 is 11.8 Å². The van der Waals surface area contributed by atoms with Gasteiger partial charge in [-0.3, -0.25) is 0 Å². The molecule has 0 saturated carbocycles. The average Bonchev–Trinajstić information content (AvgIpc) is 2.27. The molecule has 0 aliphatic heterocycles. The van der Waals surface area contributed by atoms with Crippen molar-refractivity contribution in [3.8, 4) is 0 Å². The summed E-state index contributed by atoms with van der Waals surface area (Å²) in [6.07, 6.45) is 1.94. The fourth-order valence-corrected chi connectivity index (χ4v) is 2.22. The van der Waals surface area contributed by atoms with Gasteiger partial charge in [0, 0.05) is 5.75 Å². The van der Waals surface area contributed by atoms with Gasteiger partial charge in [0.25, 0.3) is 0 Å². The van der Waals surface area contributed by atoms with Crippen LogP contribution in [0.5, 0.6) is 0 Å². The first-order valence-electron chi connectivity index (χ1n) is 5.62. The van der Waals surface area contributed by atoms with Crippen molar-refractivity contribution in [1.82, 2.24) is 0 Å². The molecule has 0 spiro atoms. The minimum atomic E-state index is -0.313. The van der Waals surface area contributed by atoms with E-state index in [1.165, 1.54) is 5.56 Å². The van der Waals surface area contributed by atoms with Gasteiger partial charge in [-0.1, -0.05) is 44.5 Å². The van der Waals surface area contributed by atoms with Gasteiger partial charge in [-0.15, -0.1) is 0 Å². The Labute approximate surface area is 96.9 Å². The summed E-state index contributed by atoms with van der Waals surface area (Å²) in [5, 5.41) is 9.92. The summed E-state index contributed by atoms with van der Waals surface area (Å²) < 4.78 is 0. The van der Waals surface area contributed by atoms with Crippen molar-refractivity contribution in [2.45, 2.75) is 32.8 Å². The third-order valence-electron chi connectivity index (χ3n) is 2.35. The van der Waals surface area contributed by atoms with Crippen LogP contribution in [0.2, 0.25) is 0 Å². The van der Waals surface area contributed by atoms with Crippen LogP contribution >= 0.6 is 11.8 Å². The average molecular weight is 224 g/mol. The first-order chi connectivity index (χ1) is 7.27. The highest BCUT2D eigenvalue weighted by atomic mass is 32.2. The maximum absolute atomic E-state index is 9.92.